The average Bonchev–Trinajstić information content (AvgIpc) is 2.84. The molecule has 0 aromatic heterocycles. The van der Waals surface area contributed by atoms with E-state index in [4.69, 9.17) is 0 Å². The normalized spacial score (nSPS) is 19.4. The second-order valence-electron chi connectivity index (χ2n) is 5.77. The number of carbonyl (C=O) groups is 2. The number of halogens is 3. The van der Waals surface area contributed by atoms with Crippen molar-refractivity contribution in [1.29, 1.82) is 0 Å². The van der Waals surface area contributed by atoms with Crippen LogP contribution in [0.3, 0.4) is 0 Å². The first kappa shape index (κ1) is 19.2. The van der Waals surface area contributed by atoms with Crippen molar-refractivity contribution in [3.05, 3.63) is 29.3 Å². The Kier molecular flexibility index (Phi) is 5.40. The number of hydrogen-bond acceptors (Lipinski definition) is 4. The van der Waals surface area contributed by atoms with Crippen molar-refractivity contribution in [2.45, 2.75) is 32.0 Å². The van der Waals surface area contributed by atoms with Gasteiger partial charge in [-0.15, -0.1) is 0 Å². The van der Waals surface area contributed by atoms with Crippen LogP contribution in [0.5, 0.6) is 0 Å². The molecule has 0 aliphatic carbocycles. The van der Waals surface area contributed by atoms with Gasteiger partial charge in [0.05, 0.1) is 17.1 Å². The molecule has 25 heavy (non-hydrogen) atoms. The minimum Gasteiger partial charge on any atom is -0.348 e. The Bertz CT molecular complexity index is 790. The van der Waals surface area contributed by atoms with Gasteiger partial charge in [-0.3, -0.25) is 9.59 Å². The zero-order valence-electron chi connectivity index (χ0n) is 13.3. The molecule has 1 atom stereocenters. The Labute approximate surface area is 142 Å². The number of sulfone groups is 1. The van der Waals surface area contributed by atoms with Crippen molar-refractivity contribution in [3.8, 4) is 0 Å². The highest BCUT2D eigenvalue weighted by Crippen LogP contribution is 2.32. The molecule has 1 aromatic carbocycles. The predicted octanol–water partition coefficient (Wildman–Crippen LogP) is 1.97. The van der Waals surface area contributed by atoms with Crippen LogP contribution >= 0.6 is 0 Å². The molecule has 1 heterocycles. The van der Waals surface area contributed by atoms with Gasteiger partial charge in [-0.25, -0.2) is 8.42 Å². The van der Waals surface area contributed by atoms with Crippen LogP contribution in [0.2, 0.25) is 0 Å². The molecule has 1 unspecified atom stereocenters. The van der Waals surface area contributed by atoms with Gasteiger partial charge in [-0.05, 0) is 24.6 Å². The van der Waals surface area contributed by atoms with Crippen molar-refractivity contribution in [1.82, 2.24) is 5.32 Å². The van der Waals surface area contributed by atoms with Crippen molar-refractivity contribution in [2.75, 3.05) is 16.8 Å². The fraction of sp³-hybridized carbons (Fsp3) is 0.467. The van der Waals surface area contributed by atoms with E-state index in [1.807, 2.05) is 0 Å². The van der Waals surface area contributed by atoms with Gasteiger partial charge in [-0.1, -0.05) is 6.92 Å². The van der Waals surface area contributed by atoms with Crippen molar-refractivity contribution in [3.63, 3.8) is 0 Å². The van der Waals surface area contributed by atoms with Crippen LogP contribution in [0.25, 0.3) is 0 Å². The van der Waals surface area contributed by atoms with Crippen LogP contribution in [0.1, 0.15) is 35.7 Å². The van der Waals surface area contributed by atoms with Gasteiger partial charge in [0.1, 0.15) is 0 Å². The van der Waals surface area contributed by atoms with Gasteiger partial charge in [0.15, 0.2) is 9.84 Å². The smallest absolute Gasteiger partial charge is 0.348 e. The largest absolute Gasteiger partial charge is 0.416 e. The van der Waals surface area contributed by atoms with Gasteiger partial charge in [0.25, 0.3) is 5.91 Å². The van der Waals surface area contributed by atoms with Gasteiger partial charge < -0.3 is 10.6 Å². The maximum atomic E-state index is 13.0. The first-order valence-electron chi connectivity index (χ1n) is 7.53. The highest BCUT2D eigenvalue weighted by Gasteiger charge is 2.33. The van der Waals surface area contributed by atoms with E-state index in [9.17, 15) is 31.2 Å². The summed E-state index contributed by atoms with van der Waals surface area (Å²) in [6.07, 6.45) is -4.41. The monoisotopic (exact) mass is 378 g/mol. The van der Waals surface area contributed by atoms with E-state index >= 15 is 0 Å². The first-order valence-corrected chi connectivity index (χ1v) is 9.36. The summed E-state index contributed by atoms with van der Waals surface area (Å²) in [6, 6.07) is 1.90. The van der Waals surface area contributed by atoms with Gasteiger partial charge in [0.2, 0.25) is 5.91 Å². The third kappa shape index (κ3) is 5.18. The van der Waals surface area contributed by atoms with Crippen LogP contribution in [0.15, 0.2) is 18.2 Å². The number of anilines is 1. The number of alkyl halides is 3. The molecule has 6 nitrogen and oxygen atoms in total. The third-order valence-electron chi connectivity index (χ3n) is 3.70. The molecule has 1 saturated heterocycles. The molecule has 0 bridgehead atoms. The van der Waals surface area contributed by atoms with Crippen molar-refractivity contribution >= 4 is 27.3 Å². The lowest BCUT2D eigenvalue weighted by Gasteiger charge is -2.15. The zero-order valence-corrected chi connectivity index (χ0v) is 14.1. The lowest BCUT2D eigenvalue weighted by atomic mass is 10.1. The predicted molar refractivity (Wildman–Crippen MR) is 84.9 cm³/mol. The quantitative estimate of drug-likeness (QED) is 0.838. The van der Waals surface area contributed by atoms with Crippen LogP contribution in [-0.4, -0.2) is 37.8 Å². The van der Waals surface area contributed by atoms with Gasteiger partial charge >= 0.3 is 6.18 Å². The molecule has 2 amide bonds. The molecule has 2 rings (SSSR count). The van der Waals surface area contributed by atoms with Crippen LogP contribution in [0, 0.1) is 0 Å². The zero-order chi connectivity index (χ0) is 18.8. The first-order chi connectivity index (χ1) is 11.5. The van der Waals surface area contributed by atoms with E-state index < -0.39 is 39.4 Å². The summed E-state index contributed by atoms with van der Waals surface area (Å²) in [5, 5.41) is 4.72. The summed E-state index contributed by atoms with van der Waals surface area (Å²) in [6.45, 7) is 1.54. The standard InChI is InChI=1S/C15H17F3N2O4S/c1-2-13(21)19-12-6-9(5-10(7-12)15(16,17)18)14(22)20-11-3-4-25(23,24)8-11/h5-7,11H,2-4,8H2,1H3,(H,19,21)(H,20,22). The lowest BCUT2D eigenvalue weighted by Crippen LogP contribution is -2.35. The SMILES string of the molecule is CCC(=O)Nc1cc(C(=O)NC2CCS(=O)(=O)C2)cc(C(F)(F)F)c1. The maximum absolute atomic E-state index is 13.0. The summed E-state index contributed by atoms with van der Waals surface area (Å²) in [7, 11) is -3.23. The Morgan fingerprint density at radius 3 is 2.44 bits per heavy atom. The minimum absolute atomic E-state index is 0.0672. The molecule has 0 spiro atoms. The second-order valence-corrected chi connectivity index (χ2v) is 8.00. The van der Waals surface area contributed by atoms with Gasteiger partial charge in [-0.2, -0.15) is 13.2 Å². The lowest BCUT2D eigenvalue weighted by molar-refractivity contribution is -0.137. The topological polar surface area (TPSA) is 92.3 Å². The fourth-order valence-electron chi connectivity index (χ4n) is 2.42. The molecule has 1 aromatic rings. The molecule has 0 saturated carbocycles. The molecule has 2 N–H and O–H groups in total. The number of hydrogen-bond donors (Lipinski definition) is 2. The Morgan fingerprint density at radius 2 is 1.92 bits per heavy atom. The van der Waals surface area contributed by atoms with Gasteiger partial charge in [0, 0.05) is 23.7 Å². The molecular weight excluding hydrogens is 361 g/mol. The average molecular weight is 378 g/mol. The Morgan fingerprint density at radius 1 is 1.24 bits per heavy atom. The van der Waals surface area contributed by atoms with E-state index in [-0.39, 0.29) is 35.6 Å². The van der Waals surface area contributed by atoms with E-state index in [0.717, 1.165) is 12.1 Å². The number of nitrogens with one attached hydrogen (secondary N) is 2. The second kappa shape index (κ2) is 7.03. The molecule has 0 radical (unpaired) electrons. The van der Waals surface area contributed by atoms with E-state index in [0.29, 0.717) is 6.07 Å². The minimum atomic E-state index is -4.70. The number of rotatable bonds is 4. The Hall–Kier alpha value is -2.10. The summed E-state index contributed by atoms with van der Waals surface area (Å²) in [5.74, 6) is -1.62. The molecule has 1 fully saturated rings. The van der Waals surface area contributed by atoms with Crippen LogP contribution in [-0.2, 0) is 20.8 Å². The number of amides is 2. The molecule has 10 heteroatoms. The molecule has 1 aliphatic heterocycles. The van der Waals surface area contributed by atoms with Crippen LogP contribution < -0.4 is 10.6 Å². The van der Waals surface area contributed by atoms with E-state index in [1.165, 1.54) is 6.92 Å². The number of benzene rings is 1. The van der Waals surface area contributed by atoms with Crippen molar-refractivity contribution in [2.24, 2.45) is 0 Å². The third-order valence-corrected chi connectivity index (χ3v) is 5.46. The molecular formula is C15H17F3N2O4S. The molecule has 1 aliphatic rings. The highest BCUT2D eigenvalue weighted by molar-refractivity contribution is 7.91. The highest BCUT2D eigenvalue weighted by atomic mass is 32.2. The fourth-order valence-corrected chi connectivity index (χ4v) is 4.09. The Balaban J connectivity index is 2.27. The number of carbonyl (C=O) groups excluding carboxylic acids is 2. The summed E-state index contributed by atoms with van der Waals surface area (Å²) in [5.41, 5.74) is -1.53. The maximum Gasteiger partial charge on any atom is 0.416 e. The van der Waals surface area contributed by atoms with E-state index in [1.54, 1.807) is 0 Å². The van der Waals surface area contributed by atoms with Crippen molar-refractivity contribution < 1.29 is 31.2 Å². The summed E-state index contributed by atoms with van der Waals surface area (Å²) >= 11 is 0. The van der Waals surface area contributed by atoms with Crippen LogP contribution in [0.4, 0.5) is 18.9 Å². The summed E-state index contributed by atoms with van der Waals surface area (Å²) < 4.78 is 61.9. The molecule has 138 valence electrons. The summed E-state index contributed by atoms with van der Waals surface area (Å²) in [4.78, 5) is 23.6. The van der Waals surface area contributed by atoms with E-state index in [2.05, 4.69) is 10.6 Å².